The van der Waals surface area contributed by atoms with Crippen LogP contribution in [0.4, 0.5) is 0 Å². The Morgan fingerprint density at radius 1 is 1.21 bits per heavy atom. The highest BCUT2D eigenvalue weighted by atomic mass is 127. The minimum Gasteiger partial charge on any atom is -0.491 e. The Bertz CT molecular complexity index is 714. The molecule has 0 aromatic heterocycles. The maximum absolute atomic E-state index is 11.4. The summed E-state index contributed by atoms with van der Waals surface area (Å²) in [6.07, 6.45) is -0.0554. The van der Waals surface area contributed by atoms with Gasteiger partial charge in [-0.05, 0) is 51.8 Å². The Balaban J connectivity index is 0.00000784. The van der Waals surface area contributed by atoms with Gasteiger partial charge in [-0.25, -0.2) is 13.1 Å². The summed E-state index contributed by atoms with van der Waals surface area (Å²) in [5.74, 6) is 1.37. The average Bonchev–Trinajstić information content (AvgIpc) is 2.65. The van der Waals surface area contributed by atoms with E-state index in [0.29, 0.717) is 32.0 Å². The third-order valence-electron chi connectivity index (χ3n) is 3.73. The predicted octanol–water partition coefficient (Wildman–Crippen LogP) is 2.01. The molecule has 0 aliphatic carbocycles. The fourth-order valence-electron chi connectivity index (χ4n) is 2.32. The Morgan fingerprint density at radius 2 is 1.93 bits per heavy atom. The van der Waals surface area contributed by atoms with E-state index in [1.54, 1.807) is 6.92 Å². The van der Waals surface area contributed by atoms with Crippen molar-refractivity contribution in [2.75, 3.05) is 31.9 Å². The smallest absolute Gasteiger partial charge is 0.211 e. The second-order valence-electron chi connectivity index (χ2n) is 6.55. The van der Waals surface area contributed by atoms with Crippen LogP contribution in [-0.4, -0.2) is 57.5 Å². The van der Waals surface area contributed by atoms with Crippen LogP contribution in [0.15, 0.2) is 29.3 Å². The lowest BCUT2D eigenvalue weighted by Gasteiger charge is -2.15. The first-order valence-corrected chi connectivity index (χ1v) is 11.4. The normalized spacial score (nSPS) is 13.0. The van der Waals surface area contributed by atoms with Gasteiger partial charge in [0.25, 0.3) is 0 Å². The third-order valence-corrected chi connectivity index (χ3v) is 5.13. The van der Waals surface area contributed by atoms with Gasteiger partial charge in [-0.2, -0.15) is 0 Å². The number of hydrogen-bond donors (Lipinski definition) is 4. The number of nitrogens with zero attached hydrogens (tertiary/aromatic N) is 1. The van der Waals surface area contributed by atoms with Crippen LogP contribution in [0.25, 0.3) is 0 Å². The van der Waals surface area contributed by atoms with Gasteiger partial charge >= 0.3 is 0 Å². The van der Waals surface area contributed by atoms with Crippen molar-refractivity contribution in [3.05, 3.63) is 29.8 Å². The minimum absolute atomic E-state index is 0. The Hall–Kier alpha value is -1.11. The summed E-state index contributed by atoms with van der Waals surface area (Å²) in [5, 5.41) is 16.7. The summed E-state index contributed by atoms with van der Waals surface area (Å²) >= 11 is 0. The molecule has 0 aliphatic heterocycles. The Morgan fingerprint density at radius 3 is 2.55 bits per heavy atom. The Kier molecular flexibility index (Phi) is 14.2. The lowest BCUT2D eigenvalue weighted by atomic mass is 10.1. The highest BCUT2D eigenvalue weighted by Crippen LogP contribution is 2.20. The third kappa shape index (κ3) is 12.2. The molecule has 0 aliphatic rings. The summed E-state index contributed by atoms with van der Waals surface area (Å²) in [6.45, 7) is 9.27. The number of nitrogens with one attached hydrogen (secondary N) is 3. The molecule has 29 heavy (non-hydrogen) atoms. The maximum atomic E-state index is 11.4. The molecular formula is C19H35IN4O4S. The molecule has 4 N–H and O–H groups in total. The van der Waals surface area contributed by atoms with Crippen LogP contribution < -0.4 is 20.1 Å². The number of hydrogen-bond acceptors (Lipinski definition) is 5. The standard InChI is InChI=1S/C19H34N4O4S.HI/c1-5-20-19(21-11-8-12-23-28(25,26)6-2)22-14-18(24)16-9-7-10-17(13-16)27-15(3)4;/h7,9-10,13,15,18,23-24H,5-6,8,11-12,14H2,1-4H3,(H2,20,21,22);1H. The van der Waals surface area contributed by atoms with Crippen molar-refractivity contribution in [3.63, 3.8) is 0 Å². The number of aliphatic hydroxyl groups excluding tert-OH is 1. The van der Waals surface area contributed by atoms with E-state index < -0.39 is 16.1 Å². The highest BCUT2D eigenvalue weighted by molar-refractivity contribution is 14.0. The number of halogens is 1. The zero-order valence-electron chi connectivity index (χ0n) is 17.6. The molecule has 1 unspecified atom stereocenters. The topological polar surface area (TPSA) is 112 Å². The molecule has 0 saturated heterocycles. The van der Waals surface area contributed by atoms with E-state index in [1.807, 2.05) is 45.0 Å². The molecule has 0 spiro atoms. The van der Waals surface area contributed by atoms with Crippen LogP contribution in [0.5, 0.6) is 5.75 Å². The van der Waals surface area contributed by atoms with Gasteiger partial charge in [0.15, 0.2) is 5.96 Å². The van der Waals surface area contributed by atoms with Gasteiger partial charge in [-0.15, -0.1) is 24.0 Å². The minimum atomic E-state index is -3.16. The first-order chi connectivity index (χ1) is 13.3. The van der Waals surface area contributed by atoms with E-state index in [0.717, 1.165) is 11.3 Å². The Labute approximate surface area is 192 Å². The lowest BCUT2D eigenvalue weighted by Crippen LogP contribution is -2.39. The number of guanidine groups is 1. The largest absolute Gasteiger partial charge is 0.491 e. The molecule has 0 fully saturated rings. The molecule has 0 saturated carbocycles. The van der Waals surface area contributed by atoms with Crippen LogP contribution in [0.2, 0.25) is 0 Å². The molecule has 8 nitrogen and oxygen atoms in total. The zero-order chi connectivity index (χ0) is 21.0. The highest BCUT2D eigenvalue weighted by Gasteiger charge is 2.10. The average molecular weight is 542 g/mol. The van der Waals surface area contributed by atoms with E-state index in [2.05, 4.69) is 20.3 Å². The monoisotopic (exact) mass is 542 g/mol. The van der Waals surface area contributed by atoms with Gasteiger partial charge in [0, 0.05) is 19.6 Å². The molecule has 0 heterocycles. The van der Waals surface area contributed by atoms with Gasteiger partial charge in [0.2, 0.25) is 10.0 Å². The second kappa shape index (κ2) is 14.8. The second-order valence-corrected chi connectivity index (χ2v) is 8.65. The van der Waals surface area contributed by atoms with E-state index in [4.69, 9.17) is 4.74 Å². The first kappa shape index (κ1) is 27.9. The van der Waals surface area contributed by atoms with Crippen LogP contribution in [0.1, 0.15) is 45.8 Å². The van der Waals surface area contributed by atoms with Crippen molar-refractivity contribution in [1.82, 2.24) is 15.4 Å². The van der Waals surface area contributed by atoms with Gasteiger partial charge < -0.3 is 20.5 Å². The lowest BCUT2D eigenvalue weighted by molar-refractivity contribution is 0.185. The molecule has 1 aromatic rings. The van der Waals surface area contributed by atoms with Crippen molar-refractivity contribution < 1.29 is 18.3 Å². The van der Waals surface area contributed by atoms with Gasteiger partial charge in [0.05, 0.1) is 24.5 Å². The van der Waals surface area contributed by atoms with Crippen molar-refractivity contribution in [2.45, 2.75) is 46.3 Å². The predicted molar refractivity (Wildman–Crippen MR) is 129 cm³/mol. The van der Waals surface area contributed by atoms with Gasteiger partial charge in [-0.1, -0.05) is 12.1 Å². The number of rotatable bonds is 12. The number of aliphatic imine (C=N–C) groups is 1. The molecule has 168 valence electrons. The van der Waals surface area contributed by atoms with E-state index in [-0.39, 0.29) is 42.4 Å². The fraction of sp³-hybridized carbons (Fsp3) is 0.632. The number of benzene rings is 1. The maximum Gasteiger partial charge on any atom is 0.211 e. The van der Waals surface area contributed by atoms with Crippen LogP contribution in [0.3, 0.4) is 0 Å². The van der Waals surface area contributed by atoms with Crippen molar-refractivity contribution >= 4 is 40.0 Å². The van der Waals surface area contributed by atoms with E-state index in [1.165, 1.54) is 0 Å². The van der Waals surface area contributed by atoms with Crippen molar-refractivity contribution in [3.8, 4) is 5.75 Å². The number of sulfonamides is 1. The van der Waals surface area contributed by atoms with E-state index in [9.17, 15) is 13.5 Å². The van der Waals surface area contributed by atoms with E-state index >= 15 is 0 Å². The first-order valence-electron chi connectivity index (χ1n) is 9.71. The van der Waals surface area contributed by atoms with Crippen molar-refractivity contribution in [1.29, 1.82) is 0 Å². The van der Waals surface area contributed by atoms with Crippen LogP contribution in [0, 0.1) is 0 Å². The summed E-state index contributed by atoms with van der Waals surface area (Å²) in [6, 6.07) is 7.37. The summed E-state index contributed by atoms with van der Waals surface area (Å²) < 4.78 is 31.0. The van der Waals surface area contributed by atoms with Crippen LogP contribution >= 0.6 is 24.0 Å². The molecule has 1 atom stereocenters. The quantitative estimate of drug-likeness (QED) is 0.139. The molecule has 0 bridgehead atoms. The summed E-state index contributed by atoms with van der Waals surface area (Å²) in [4.78, 5) is 4.41. The molecule has 10 heteroatoms. The van der Waals surface area contributed by atoms with Crippen molar-refractivity contribution in [2.24, 2.45) is 4.99 Å². The molecule has 0 radical (unpaired) electrons. The molecule has 0 amide bonds. The number of aliphatic hydroxyl groups is 1. The van der Waals surface area contributed by atoms with Crippen LogP contribution in [-0.2, 0) is 10.0 Å². The molecule has 1 rings (SSSR count). The summed E-state index contributed by atoms with van der Waals surface area (Å²) in [5.41, 5.74) is 0.742. The molecular weight excluding hydrogens is 507 g/mol. The van der Waals surface area contributed by atoms with Gasteiger partial charge in [0.1, 0.15) is 5.75 Å². The van der Waals surface area contributed by atoms with Gasteiger partial charge in [-0.3, -0.25) is 4.99 Å². The SMILES string of the molecule is CCNC(=NCC(O)c1cccc(OC(C)C)c1)NCCCNS(=O)(=O)CC.I. The molecule has 1 aromatic carbocycles. The fourth-order valence-corrected chi connectivity index (χ4v) is 2.98. The summed E-state index contributed by atoms with van der Waals surface area (Å²) in [7, 11) is -3.16. The number of ether oxygens (including phenoxy) is 1. The zero-order valence-corrected chi connectivity index (χ0v) is 20.8.